The molecule has 2 heterocycles. The molecule has 21 aromatic carbocycles. The fraction of sp³-hybridized carbons (Fsp3) is 0.0413. The van der Waals surface area contributed by atoms with Gasteiger partial charge in [-0.15, -0.1) is 0 Å². The van der Waals surface area contributed by atoms with Gasteiger partial charge in [-0.1, -0.05) is 376 Å². The zero-order valence-corrected chi connectivity index (χ0v) is 69.3. The Bertz CT molecular complexity index is 7350. The summed E-state index contributed by atoms with van der Waals surface area (Å²) in [5.41, 5.74) is 38.6. The van der Waals surface area contributed by atoms with E-state index in [2.05, 4.69) is 476 Å². The number of hydrogen-bond acceptors (Lipinski definition) is 3. The topological polar surface area (TPSA) is 9.72 Å². The summed E-state index contributed by atoms with van der Waals surface area (Å²) in [6.45, 7) is 1.67. The SMILES string of the molecule is c1ccc(-c2ccc(N(Cc3cc4c5c(c3)N(CCc3c(-c6ccccc6)cc(-c6ccccc6)cc3-c3ccccc3)c3cc(-c6cc7cccc8c9cccc%10cccc(c(c6)c78)c%109)ccc3B5c3cc(-c5ccccc5)ccc3N4CCc3c(-c4ccccc4)cc(-c4ccccc4)cc3-c3ccccc3)c3ccc(-c4ccccc4)cc3)cc2)cc1. The van der Waals surface area contributed by atoms with Gasteiger partial charge in [0.1, 0.15) is 0 Å². The average Bonchev–Trinajstić information content (AvgIpc) is 0.754. The Labute approximate surface area is 731 Å². The van der Waals surface area contributed by atoms with Crippen LogP contribution < -0.4 is 31.1 Å². The number of anilines is 6. The summed E-state index contributed by atoms with van der Waals surface area (Å²) in [5, 5.41) is 10.2. The largest absolute Gasteiger partial charge is 0.342 e. The highest BCUT2D eigenvalue weighted by Crippen LogP contribution is 2.49. The highest BCUT2D eigenvalue weighted by molar-refractivity contribution is 7.00. The van der Waals surface area contributed by atoms with E-state index in [0.717, 1.165) is 17.8 Å². The first-order valence-electron chi connectivity index (χ1n) is 43.9. The Hall–Kier alpha value is -15.6. The van der Waals surface area contributed by atoms with E-state index in [1.165, 1.54) is 210 Å². The molecule has 588 valence electrons. The number of rotatable bonds is 20. The smallest absolute Gasteiger partial charge is 0.252 e. The highest BCUT2D eigenvalue weighted by Gasteiger charge is 2.44. The zero-order valence-electron chi connectivity index (χ0n) is 69.3. The van der Waals surface area contributed by atoms with Crippen LogP contribution in [-0.4, -0.2) is 19.8 Å². The van der Waals surface area contributed by atoms with Crippen molar-refractivity contribution in [2.75, 3.05) is 27.8 Å². The lowest BCUT2D eigenvalue weighted by Gasteiger charge is -2.45. The molecule has 0 bridgehead atoms. The molecule has 0 fully saturated rings. The summed E-state index contributed by atoms with van der Waals surface area (Å²) >= 11 is 0. The minimum absolute atomic E-state index is 0.194. The Morgan fingerprint density at radius 1 is 0.208 bits per heavy atom. The lowest BCUT2D eigenvalue weighted by atomic mass is 9.33. The van der Waals surface area contributed by atoms with Gasteiger partial charge in [-0.05, 0) is 285 Å². The normalized spacial score (nSPS) is 12.1. The van der Waals surface area contributed by atoms with Crippen molar-refractivity contribution in [3.05, 3.63) is 478 Å². The molecule has 0 spiro atoms. The molecule has 23 rings (SSSR count). The van der Waals surface area contributed by atoms with Crippen molar-refractivity contribution in [1.82, 2.24) is 0 Å². The van der Waals surface area contributed by atoms with Gasteiger partial charge in [0.15, 0.2) is 0 Å². The summed E-state index contributed by atoms with van der Waals surface area (Å²) in [7, 11) is 0. The summed E-state index contributed by atoms with van der Waals surface area (Å²) in [6.07, 6.45) is 1.43. The van der Waals surface area contributed by atoms with Gasteiger partial charge < -0.3 is 14.7 Å². The van der Waals surface area contributed by atoms with Crippen molar-refractivity contribution in [3.8, 4) is 111 Å². The lowest BCUT2D eigenvalue weighted by molar-refractivity contribution is 0.900. The van der Waals surface area contributed by atoms with Gasteiger partial charge >= 0.3 is 0 Å². The van der Waals surface area contributed by atoms with Crippen LogP contribution in [-0.2, 0) is 19.4 Å². The molecule has 0 aliphatic carbocycles. The maximum atomic E-state index is 2.79. The highest BCUT2D eigenvalue weighted by atomic mass is 15.2. The first-order chi connectivity index (χ1) is 62.0. The Balaban J connectivity index is 0.786. The molecule has 2 aliphatic rings. The molecular weight excluding hydrogens is 1510 g/mol. The predicted molar refractivity (Wildman–Crippen MR) is 533 cm³/mol. The van der Waals surface area contributed by atoms with Crippen molar-refractivity contribution in [2.24, 2.45) is 0 Å². The van der Waals surface area contributed by atoms with E-state index in [1.807, 2.05) is 0 Å². The molecule has 0 N–H and O–H groups in total. The molecule has 0 aromatic heterocycles. The summed E-state index contributed by atoms with van der Waals surface area (Å²) in [4.78, 5) is 8.09. The van der Waals surface area contributed by atoms with Crippen LogP contribution in [0.4, 0.5) is 34.1 Å². The van der Waals surface area contributed by atoms with Crippen molar-refractivity contribution < 1.29 is 0 Å². The van der Waals surface area contributed by atoms with Crippen LogP contribution >= 0.6 is 0 Å². The van der Waals surface area contributed by atoms with Crippen LogP contribution in [0.2, 0.25) is 0 Å². The maximum absolute atomic E-state index is 2.79. The van der Waals surface area contributed by atoms with E-state index in [0.29, 0.717) is 26.1 Å². The van der Waals surface area contributed by atoms with Gasteiger partial charge in [0.05, 0.1) is 0 Å². The van der Waals surface area contributed by atoms with Gasteiger partial charge in [0.25, 0.3) is 6.71 Å². The van der Waals surface area contributed by atoms with E-state index in [4.69, 9.17) is 0 Å². The van der Waals surface area contributed by atoms with Gasteiger partial charge in [-0.2, -0.15) is 0 Å². The molecule has 0 saturated heterocycles. The van der Waals surface area contributed by atoms with Crippen molar-refractivity contribution in [3.63, 3.8) is 0 Å². The van der Waals surface area contributed by atoms with E-state index >= 15 is 0 Å². The third-order valence-corrected chi connectivity index (χ3v) is 26.4. The summed E-state index contributed by atoms with van der Waals surface area (Å²) < 4.78 is 0. The van der Waals surface area contributed by atoms with Gasteiger partial charge in [0.2, 0.25) is 0 Å². The van der Waals surface area contributed by atoms with Crippen LogP contribution in [0.15, 0.2) is 461 Å². The Morgan fingerprint density at radius 3 is 0.960 bits per heavy atom. The standard InChI is InChI=1S/C121H86BN3/c1-10-31-83(32-11-1)88-55-61-101(62-56-88)125(102-63-57-89(58-64-102)84-33-12-2-13-34-84)81-82-71-117-121-118(72-82)124(70-68-104-110(92-45-24-8-25-46-92)76-100(87-39-18-5-19-40-87)77-111(104)93-47-26-9-27-48-93)116-80-96(98-73-97-51-30-53-106-105-52-28-49-94-50-29-54-107(119(94)105)112(78-98)120(97)106)59-65-113(116)122(121)114-79-95(85-35-14-3-15-36-85)60-66-115(114)123(117)69-67-103-108(90-41-20-6-21-42-90)74-99(86-37-16-4-17-38-86)75-109(103)91-43-22-7-23-44-91/h1-66,71-80H,67-70,81H2. The molecule has 0 atom stereocenters. The molecule has 3 nitrogen and oxygen atoms in total. The van der Waals surface area contributed by atoms with Crippen molar-refractivity contribution >= 4 is 100 Å². The summed E-state index contributed by atoms with van der Waals surface area (Å²) in [5.74, 6) is 0. The quantitative estimate of drug-likeness (QED) is 0.0428. The number of fused-ring (bicyclic) bond motifs is 6. The van der Waals surface area contributed by atoms with Crippen LogP contribution in [0, 0.1) is 0 Å². The van der Waals surface area contributed by atoms with Gasteiger partial charge in [-0.25, -0.2) is 0 Å². The molecule has 0 unspecified atom stereocenters. The first-order valence-corrected chi connectivity index (χ1v) is 43.9. The molecule has 0 radical (unpaired) electrons. The lowest BCUT2D eigenvalue weighted by Crippen LogP contribution is -2.62. The van der Waals surface area contributed by atoms with E-state index in [9.17, 15) is 0 Å². The molecule has 2 aliphatic heterocycles. The number of nitrogens with zero attached hydrogens (tertiary/aromatic N) is 3. The molecule has 0 amide bonds. The van der Waals surface area contributed by atoms with Gasteiger partial charge in [-0.3, -0.25) is 0 Å². The first kappa shape index (κ1) is 74.4. The molecule has 125 heavy (non-hydrogen) atoms. The maximum Gasteiger partial charge on any atom is 0.252 e. The molecule has 4 heteroatoms. The second kappa shape index (κ2) is 32.1. The Morgan fingerprint density at radius 2 is 0.536 bits per heavy atom. The summed E-state index contributed by atoms with van der Waals surface area (Å²) in [6, 6.07) is 173. The van der Waals surface area contributed by atoms with Gasteiger partial charge in [0, 0.05) is 53.8 Å². The molecular formula is C121H86BN3. The fourth-order valence-electron chi connectivity index (χ4n) is 20.5. The third kappa shape index (κ3) is 13.8. The van der Waals surface area contributed by atoms with Crippen molar-refractivity contribution in [2.45, 2.75) is 19.4 Å². The number of hydrogen-bond donors (Lipinski definition) is 0. The van der Waals surface area contributed by atoms with E-state index in [-0.39, 0.29) is 6.71 Å². The zero-order chi connectivity index (χ0) is 82.7. The van der Waals surface area contributed by atoms with E-state index < -0.39 is 0 Å². The van der Waals surface area contributed by atoms with E-state index in [1.54, 1.807) is 0 Å². The molecule has 21 aromatic rings. The Kier molecular flexibility index (Phi) is 19.1. The number of benzene rings is 21. The van der Waals surface area contributed by atoms with Crippen LogP contribution in [0.3, 0.4) is 0 Å². The fourth-order valence-corrected chi connectivity index (χ4v) is 20.5. The minimum Gasteiger partial charge on any atom is -0.342 e. The molecule has 0 saturated carbocycles. The van der Waals surface area contributed by atoms with Crippen molar-refractivity contribution in [1.29, 1.82) is 0 Å². The third-order valence-electron chi connectivity index (χ3n) is 26.4. The second-order valence-corrected chi connectivity index (χ2v) is 33.5. The second-order valence-electron chi connectivity index (χ2n) is 33.5. The van der Waals surface area contributed by atoms with Crippen LogP contribution in [0.5, 0.6) is 0 Å². The minimum atomic E-state index is -0.194. The monoisotopic (exact) mass is 1590 g/mol. The van der Waals surface area contributed by atoms with Crippen LogP contribution in [0.25, 0.3) is 154 Å². The average molecular weight is 1590 g/mol. The van der Waals surface area contributed by atoms with Crippen LogP contribution in [0.1, 0.15) is 16.7 Å². The predicted octanol–water partition coefficient (Wildman–Crippen LogP) is 29.7.